The second kappa shape index (κ2) is 5.09. The minimum atomic E-state index is 0.270. The lowest BCUT2D eigenvalue weighted by Gasteiger charge is -2.19. The van der Waals surface area contributed by atoms with Gasteiger partial charge in [-0.3, -0.25) is 0 Å². The number of nitrogen functional groups attached to an aromatic ring is 1. The molecule has 0 saturated carbocycles. The lowest BCUT2D eigenvalue weighted by molar-refractivity contribution is 0.756. The molecular formula is C15H19N5. The number of aromatic nitrogens is 2. The van der Waals surface area contributed by atoms with Crippen molar-refractivity contribution in [3.05, 3.63) is 47.3 Å². The number of hydrogen-bond acceptors (Lipinski definition) is 5. The minimum absolute atomic E-state index is 0.270. The van der Waals surface area contributed by atoms with E-state index in [1.165, 1.54) is 11.1 Å². The van der Waals surface area contributed by atoms with E-state index in [-0.39, 0.29) is 5.92 Å². The van der Waals surface area contributed by atoms with Gasteiger partial charge in [0.2, 0.25) is 0 Å². The lowest BCUT2D eigenvalue weighted by Crippen LogP contribution is -2.19. The van der Waals surface area contributed by atoms with Gasteiger partial charge in [-0.2, -0.15) is 0 Å². The second-order valence-electron chi connectivity index (χ2n) is 5.39. The zero-order chi connectivity index (χ0) is 14.1. The van der Waals surface area contributed by atoms with Gasteiger partial charge in [-0.25, -0.2) is 15.8 Å². The van der Waals surface area contributed by atoms with Crippen molar-refractivity contribution in [3.63, 3.8) is 0 Å². The number of nitrogens with one attached hydrogen (secondary N) is 1. The molecule has 0 fully saturated rings. The third kappa shape index (κ3) is 2.32. The summed E-state index contributed by atoms with van der Waals surface area (Å²) >= 11 is 0. The van der Waals surface area contributed by atoms with Crippen LogP contribution in [0.4, 0.5) is 11.6 Å². The van der Waals surface area contributed by atoms with Crippen LogP contribution in [-0.4, -0.2) is 9.97 Å². The van der Waals surface area contributed by atoms with Gasteiger partial charge in [0.25, 0.3) is 0 Å². The van der Waals surface area contributed by atoms with E-state index in [9.17, 15) is 0 Å². The van der Waals surface area contributed by atoms with Crippen molar-refractivity contribution in [2.75, 3.05) is 10.3 Å². The smallest absolute Gasteiger partial charge is 0.145 e. The molecule has 5 heteroatoms. The van der Waals surface area contributed by atoms with Gasteiger partial charge in [-0.05, 0) is 11.1 Å². The average Bonchev–Trinajstić information content (AvgIpc) is 2.90. The van der Waals surface area contributed by atoms with Crippen LogP contribution in [0.25, 0.3) is 0 Å². The molecule has 0 spiro atoms. The van der Waals surface area contributed by atoms with Gasteiger partial charge in [0.15, 0.2) is 0 Å². The van der Waals surface area contributed by atoms with Crippen molar-refractivity contribution in [3.8, 4) is 0 Å². The highest BCUT2D eigenvalue weighted by molar-refractivity contribution is 5.52. The first-order valence-corrected chi connectivity index (χ1v) is 6.84. The third-order valence-electron chi connectivity index (χ3n) is 3.56. The number of rotatable bonds is 3. The molecule has 2 heterocycles. The molecule has 0 saturated heterocycles. The van der Waals surface area contributed by atoms with Gasteiger partial charge in [0.05, 0.1) is 0 Å². The Morgan fingerprint density at radius 1 is 1.15 bits per heavy atom. The van der Waals surface area contributed by atoms with E-state index in [0.717, 1.165) is 24.7 Å². The number of fused-ring (bicyclic) bond motifs is 1. The van der Waals surface area contributed by atoms with Gasteiger partial charge in [-0.1, -0.05) is 38.1 Å². The van der Waals surface area contributed by atoms with Crippen LogP contribution in [0.2, 0.25) is 0 Å². The van der Waals surface area contributed by atoms with Crippen LogP contribution in [0, 0.1) is 0 Å². The number of hydrogen-bond donors (Lipinski definition) is 2. The summed E-state index contributed by atoms with van der Waals surface area (Å²) in [5, 5.41) is 0. The van der Waals surface area contributed by atoms with Crippen LogP contribution in [0.15, 0.2) is 30.3 Å². The monoisotopic (exact) mass is 269 g/mol. The van der Waals surface area contributed by atoms with Crippen molar-refractivity contribution < 1.29 is 0 Å². The van der Waals surface area contributed by atoms with E-state index >= 15 is 0 Å². The molecule has 1 aliphatic heterocycles. The predicted octanol–water partition coefficient (Wildman–Crippen LogP) is 2.41. The summed E-state index contributed by atoms with van der Waals surface area (Å²) in [6.45, 7) is 5.93. The second-order valence-corrected chi connectivity index (χ2v) is 5.39. The van der Waals surface area contributed by atoms with Crippen molar-refractivity contribution in [1.82, 2.24) is 9.97 Å². The maximum atomic E-state index is 5.51. The zero-order valence-electron chi connectivity index (χ0n) is 11.8. The molecular weight excluding hydrogens is 250 g/mol. The summed E-state index contributed by atoms with van der Waals surface area (Å²) in [6, 6.07) is 10.4. The van der Waals surface area contributed by atoms with Gasteiger partial charge in [0, 0.05) is 25.1 Å². The van der Waals surface area contributed by atoms with E-state index < -0.39 is 0 Å². The number of hydrazine groups is 1. The van der Waals surface area contributed by atoms with E-state index in [2.05, 4.69) is 58.4 Å². The van der Waals surface area contributed by atoms with Crippen LogP contribution < -0.4 is 16.2 Å². The average molecular weight is 269 g/mol. The first-order valence-electron chi connectivity index (χ1n) is 6.84. The highest BCUT2D eigenvalue weighted by Crippen LogP contribution is 2.28. The third-order valence-corrected chi connectivity index (χ3v) is 3.56. The fourth-order valence-electron chi connectivity index (χ4n) is 2.44. The Morgan fingerprint density at radius 2 is 1.80 bits per heavy atom. The zero-order valence-corrected chi connectivity index (χ0v) is 11.8. The van der Waals surface area contributed by atoms with Crippen LogP contribution in [-0.2, 0) is 13.1 Å². The molecule has 0 radical (unpaired) electrons. The molecule has 3 rings (SSSR count). The summed E-state index contributed by atoms with van der Waals surface area (Å²) in [5.74, 6) is 8.18. The molecule has 20 heavy (non-hydrogen) atoms. The fraction of sp³-hybridized carbons (Fsp3) is 0.333. The molecule has 104 valence electrons. The first kappa shape index (κ1) is 12.9. The normalized spacial score (nSPS) is 13.7. The number of nitrogens with zero attached hydrogens (tertiary/aromatic N) is 3. The van der Waals surface area contributed by atoms with Crippen LogP contribution in [0.3, 0.4) is 0 Å². The first-order chi connectivity index (χ1) is 9.67. The summed E-state index contributed by atoms with van der Waals surface area (Å²) in [7, 11) is 0. The van der Waals surface area contributed by atoms with Crippen LogP contribution in [0.5, 0.6) is 0 Å². The molecule has 0 aliphatic carbocycles. The molecule has 1 aromatic carbocycles. The molecule has 1 aromatic heterocycles. The van der Waals surface area contributed by atoms with Crippen molar-refractivity contribution in [1.29, 1.82) is 0 Å². The molecule has 0 atom stereocenters. The van der Waals surface area contributed by atoms with Gasteiger partial charge in [0.1, 0.15) is 17.5 Å². The highest BCUT2D eigenvalue weighted by atomic mass is 15.3. The standard InChI is InChI=1S/C15H19N5/c1-10(2)15-17-13(19-16)7-14(18-15)20-8-11-5-3-4-6-12(11)9-20/h3-7,10H,8-9,16H2,1-2H3,(H,17,18,19). The maximum absolute atomic E-state index is 5.51. The summed E-state index contributed by atoms with van der Waals surface area (Å²) in [6.07, 6.45) is 0. The number of nitrogens with two attached hydrogens (primary N) is 1. The molecule has 1 aliphatic rings. The number of anilines is 2. The Balaban J connectivity index is 1.94. The fourth-order valence-corrected chi connectivity index (χ4v) is 2.44. The van der Waals surface area contributed by atoms with Gasteiger partial charge in [-0.15, -0.1) is 0 Å². The highest BCUT2D eigenvalue weighted by Gasteiger charge is 2.21. The largest absolute Gasteiger partial charge is 0.348 e. The van der Waals surface area contributed by atoms with Crippen LogP contribution in [0.1, 0.15) is 36.7 Å². The van der Waals surface area contributed by atoms with E-state index in [4.69, 9.17) is 5.84 Å². The SMILES string of the molecule is CC(C)c1nc(NN)cc(N2Cc3ccccc3C2)n1. The Hall–Kier alpha value is -2.14. The van der Waals surface area contributed by atoms with Gasteiger partial charge < -0.3 is 10.3 Å². The summed E-state index contributed by atoms with van der Waals surface area (Å²) in [4.78, 5) is 11.3. The molecule has 2 aromatic rings. The van der Waals surface area contributed by atoms with E-state index in [1.807, 2.05) is 6.07 Å². The topological polar surface area (TPSA) is 67.1 Å². The molecule has 0 unspecified atom stereocenters. The quantitative estimate of drug-likeness (QED) is 0.661. The van der Waals surface area contributed by atoms with Crippen molar-refractivity contribution in [2.45, 2.75) is 32.9 Å². The Bertz CT molecular complexity index is 598. The van der Waals surface area contributed by atoms with E-state index in [1.54, 1.807) is 0 Å². The van der Waals surface area contributed by atoms with E-state index in [0.29, 0.717) is 5.82 Å². The summed E-state index contributed by atoms with van der Waals surface area (Å²) < 4.78 is 0. The van der Waals surface area contributed by atoms with Crippen molar-refractivity contribution in [2.24, 2.45) is 5.84 Å². The predicted molar refractivity (Wildman–Crippen MR) is 80.3 cm³/mol. The Labute approximate surface area is 118 Å². The number of benzene rings is 1. The minimum Gasteiger partial charge on any atom is -0.348 e. The van der Waals surface area contributed by atoms with Crippen molar-refractivity contribution >= 4 is 11.6 Å². The summed E-state index contributed by atoms with van der Waals surface area (Å²) in [5.41, 5.74) is 5.35. The Kier molecular flexibility index (Phi) is 3.28. The molecule has 0 bridgehead atoms. The Morgan fingerprint density at radius 3 is 2.35 bits per heavy atom. The molecule has 0 amide bonds. The maximum Gasteiger partial charge on any atom is 0.145 e. The van der Waals surface area contributed by atoms with Gasteiger partial charge >= 0.3 is 0 Å². The van der Waals surface area contributed by atoms with Crippen LogP contribution >= 0.6 is 0 Å². The molecule has 3 N–H and O–H groups in total. The lowest BCUT2D eigenvalue weighted by atomic mass is 10.1. The molecule has 5 nitrogen and oxygen atoms in total.